The fraction of sp³-hybridized carbons (Fsp3) is 0.500. The van der Waals surface area contributed by atoms with Crippen LogP contribution in [0.4, 0.5) is 4.39 Å². The van der Waals surface area contributed by atoms with Crippen molar-refractivity contribution in [1.82, 2.24) is 0 Å². The number of benzene rings is 2. The van der Waals surface area contributed by atoms with Gasteiger partial charge in [-0.3, -0.25) is 0 Å². The molecule has 0 heterocycles. The van der Waals surface area contributed by atoms with E-state index >= 15 is 0 Å². The van der Waals surface area contributed by atoms with Crippen LogP contribution < -0.4 is 4.74 Å². The van der Waals surface area contributed by atoms with Crippen molar-refractivity contribution >= 4 is 10.8 Å². The standard InChI is InChI=1S/C20H23FO/c1-12-8-18-17-10-19(21)15-5-4-13(22-3)9-16(15)14(17)6-7-20(18,2)11-12/h4-5,9-10,12,18H,6-8,11H2,1-3H3/t12-,18+,20-/m1/s1. The molecule has 0 spiro atoms. The summed E-state index contributed by atoms with van der Waals surface area (Å²) >= 11 is 0. The Bertz CT molecular complexity index is 751. The van der Waals surface area contributed by atoms with E-state index in [0.717, 1.165) is 28.9 Å². The van der Waals surface area contributed by atoms with Crippen LogP contribution in [0.25, 0.3) is 10.8 Å². The molecular weight excluding hydrogens is 275 g/mol. The van der Waals surface area contributed by atoms with Crippen LogP contribution in [-0.2, 0) is 6.42 Å². The van der Waals surface area contributed by atoms with Gasteiger partial charge in [0, 0.05) is 5.39 Å². The summed E-state index contributed by atoms with van der Waals surface area (Å²) in [5, 5.41) is 1.78. The van der Waals surface area contributed by atoms with Crippen LogP contribution in [0.1, 0.15) is 50.2 Å². The highest BCUT2D eigenvalue weighted by Gasteiger charge is 2.46. The molecular formula is C20H23FO. The van der Waals surface area contributed by atoms with Crippen molar-refractivity contribution in [2.24, 2.45) is 11.3 Å². The Kier molecular flexibility index (Phi) is 3.01. The molecule has 2 aliphatic rings. The molecule has 0 amide bonds. The van der Waals surface area contributed by atoms with Crippen molar-refractivity contribution in [1.29, 1.82) is 0 Å². The summed E-state index contributed by atoms with van der Waals surface area (Å²) in [4.78, 5) is 0. The topological polar surface area (TPSA) is 9.23 Å². The van der Waals surface area contributed by atoms with Gasteiger partial charge in [-0.05, 0) is 83.7 Å². The Hall–Kier alpha value is -1.57. The van der Waals surface area contributed by atoms with Gasteiger partial charge in [-0.2, -0.15) is 0 Å². The highest BCUT2D eigenvalue weighted by Crippen LogP contribution is 2.58. The number of methoxy groups -OCH3 is 1. The van der Waals surface area contributed by atoms with Crippen LogP contribution in [-0.4, -0.2) is 7.11 Å². The minimum atomic E-state index is -0.0831. The molecule has 0 aromatic heterocycles. The first-order chi connectivity index (χ1) is 10.5. The Balaban J connectivity index is 1.96. The second-order valence-electron chi connectivity index (χ2n) is 7.59. The molecule has 22 heavy (non-hydrogen) atoms. The van der Waals surface area contributed by atoms with E-state index in [-0.39, 0.29) is 5.82 Å². The number of ether oxygens (including phenoxy) is 1. The number of halogens is 1. The van der Waals surface area contributed by atoms with Gasteiger partial charge in [0.25, 0.3) is 0 Å². The largest absolute Gasteiger partial charge is 0.497 e. The normalized spacial score (nSPS) is 30.2. The molecule has 0 unspecified atom stereocenters. The van der Waals surface area contributed by atoms with Crippen LogP contribution in [0.15, 0.2) is 24.3 Å². The minimum absolute atomic E-state index is 0.0831. The monoisotopic (exact) mass is 298 g/mol. The smallest absolute Gasteiger partial charge is 0.131 e. The molecule has 2 aliphatic carbocycles. The zero-order chi connectivity index (χ0) is 15.5. The first-order valence-corrected chi connectivity index (χ1v) is 8.31. The lowest BCUT2D eigenvalue weighted by Gasteiger charge is -2.38. The van der Waals surface area contributed by atoms with E-state index in [9.17, 15) is 4.39 Å². The second-order valence-corrected chi connectivity index (χ2v) is 7.59. The van der Waals surface area contributed by atoms with Crippen LogP contribution in [0.3, 0.4) is 0 Å². The van der Waals surface area contributed by atoms with Gasteiger partial charge in [-0.15, -0.1) is 0 Å². The maximum Gasteiger partial charge on any atom is 0.131 e. The first-order valence-electron chi connectivity index (χ1n) is 8.31. The van der Waals surface area contributed by atoms with Gasteiger partial charge in [0.2, 0.25) is 0 Å². The molecule has 0 aliphatic heterocycles. The number of hydrogen-bond acceptors (Lipinski definition) is 1. The molecule has 4 rings (SSSR count). The van der Waals surface area contributed by atoms with Crippen LogP contribution in [0, 0.1) is 17.2 Å². The molecule has 1 fully saturated rings. The van der Waals surface area contributed by atoms with Gasteiger partial charge >= 0.3 is 0 Å². The maximum absolute atomic E-state index is 14.6. The van der Waals surface area contributed by atoms with Gasteiger partial charge in [-0.1, -0.05) is 13.8 Å². The maximum atomic E-state index is 14.6. The molecule has 0 N–H and O–H groups in total. The summed E-state index contributed by atoms with van der Waals surface area (Å²) in [6, 6.07) is 7.54. The lowest BCUT2D eigenvalue weighted by molar-refractivity contribution is 0.248. The Morgan fingerprint density at radius 2 is 2.05 bits per heavy atom. The third-order valence-corrected chi connectivity index (χ3v) is 6.06. The molecule has 0 radical (unpaired) electrons. The molecule has 116 valence electrons. The molecule has 2 aromatic rings. The Morgan fingerprint density at radius 3 is 2.82 bits per heavy atom. The number of fused-ring (bicyclic) bond motifs is 5. The third kappa shape index (κ3) is 1.89. The Labute approximate surface area is 131 Å². The fourth-order valence-corrected chi connectivity index (χ4v) is 5.05. The summed E-state index contributed by atoms with van der Waals surface area (Å²) in [5.41, 5.74) is 2.97. The van der Waals surface area contributed by atoms with E-state index in [1.54, 1.807) is 7.11 Å². The molecule has 3 atom stereocenters. The SMILES string of the molecule is COc1ccc2c(F)cc3c(c2c1)CC[C@]1(C)C[C@H](C)C[C@@H]31. The number of aryl methyl sites for hydroxylation is 1. The predicted octanol–water partition coefficient (Wildman–Crippen LogP) is 5.45. The average Bonchev–Trinajstić information content (AvgIpc) is 2.81. The van der Waals surface area contributed by atoms with Crippen molar-refractivity contribution in [3.63, 3.8) is 0 Å². The molecule has 2 heteroatoms. The van der Waals surface area contributed by atoms with Crippen LogP contribution >= 0.6 is 0 Å². The van der Waals surface area contributed by atoms with Gasteiger partial charge in [0.15, 0.2) is 0 Å². The molecule has 2 aromatic carbocycles. The van der Waals surface area contributed by atoms with Gasteiger partial charge in [-0.25, -0.2) is 4.39 Å². The van der Waals surface area contributed by atoms with E-state index in [4.69, 9.17) is 4.74 Å². The van der Waals surface area contributed by atoms with E-state index in [0.29, 0.717) is 11.3 Å². The molecule has 0 bridgehead atoms. The van der Waals surface area contributed by atoms with E-state index in [1.807, 2.05) is 24.3 Å². The highest BCUT2D eigenvalue weighted by atomic mass is 19.1. The first kappa shape index (κ1) is 14.0. The van der Waals surface area contributed by atoms with Gasteiger partial charge in [0.1, 0.15) is 11.6 Å². The summed E-state index contributed by atoms with van der Waals surface area (Å²) < 4.78 is 20.0. The lowest BCUT2D eigenvalue weighted by Crippen LogP contribution is -2.27. The van der Waals surface area contributed by atoms with Gasteiger partial charge < -0.3 is 4.74 Å². The van der Waals surface area contributed by atoms with Crippen molar-refractivity contribution in [3.05, 3.63) is 41.2 Å². The van der Waals surface area contributed by atoms with Crippen molar-refractivity contribution < 1.29 is 9.13 Å². The van der Waals surface area contributed by atoms with Gasteiger partial charge in [0.05, 0.1) is 7.11 Å². The summed E-state index contributed by atoms with van der Waals surface area (Å²) in [6.07, 6.45) is 4.74. The highest BCUT2D eigenvalue weighted by molar-refractivity contribution is 5.89. The zero-order valence-corrected chi connectivity index (χ0v) is 13.6. The molecule has 1 nitrogen and oxygen atoms in total. The lowest BCUT2D eigenvalue weighted by atomic mass is 9.66. The average molecular weight is 298 g/mol. The minimum Gasteiger partial charge on any atom is -0.497 e. The van der Waals surface area contributed by atoms with Crippen molar-refractivity contribution in [2.45, 2.75) is 45.4 Å². The van der Waals surface area contributed by atoms with E-state index < -0.39 is 0 Å². The Morgan fingerprint density at radius 1 is 1.23 bits per heavy atom. The third-order valence-electron chi connectivity index (χ3n) is 6.06. The van der Waals surface area contributed by atoms with E-state index in [1.165, 1.54) is 30.4 Å². The number of rotatable bonds is 1. The predicted molar refractivity (Wildman–Crippen MR) is 88.0 cm³/mol. The summed E-state index contributed by atoms with van der Waals surface area (Å²) in [5.74, 6) is 1.98. The number of hydrogen-bond donors (Lipinski definition) is 0. The molecule has 0 saturated heterocycles. The fourth-order valence-electron chi connectivity index (χ4n) is 5.05. The van der Waals surface area contributed by atoms with Crippen LogP contribution in [0.5, 0.6) is 5.75 Å². The van der Waals surface area contributed by atoms with E-state index in [2.05, 4.69) is 13.8 Å². The van der Waals surface area contributed by atoms with Crippen LogP contribution in [0.2, 0.25) is 0 Å². The van der Waals surface area contributed by atoms with Crippen molar-refractivity contribution in [2.75, 3.05) is 7.11 Å². The molecule has 1 saturated carbocycles. The summed E-state index contributed by atoms with van der Waals surface area (Å²) in [7, 11) is 1.67. The zero-order valence-electron chi connectivity index (χ0n) is 13.6. The van der Waals surface area contributed by atoms with Crippen molar-refractivity contribution in [3.8, 4) is 5.75 Å². The second kappa shape index (κ2) is 4.71. The summed E-state index contributed by atoms with van der Waals surface area (Å²) in [6.45, 7) is 4.74. The quantitative estimate of drug-likeness (QED) is 0.680.